The lowest BCUT2D eigenvalue weighted by molar-refractivity contribution is 0.0795. The highest BCUT2D eigenvalue weighted by Crippen LogP contribution is 2.29. The quantitative estimate of drug-likeness (QED) is 0.451. The molecule has 2 amide bonds. The topological polar surface area (TPSA) is 86.6 Å². The van der Waals surface area contributed by atoms with E-state index in [2.05, 4.69) is 16.2 Å². The van der Waals surface area contributed by atoms with E-state index in [1.807, 2.05) is 6.92 Å². The van der Waals surface area contributed by atoms with Crippen molar-refractivity contribution in [1.29, 1.82) is 0 Å². The van der Waals surface area contributed by atoms with Gasteiger partial charge in [-0.05, 0) is 67.6 Å². The molecule has 3 heterocycles. The van der Waals surface area contributed by atoms with E-state index in [-0.39, 0.29) is 35.5 Å². The number of carbonyl (C=O) groups excluding carboxylic acids is 2. The van der Waals surface area contributed by atoms with Crippen molar-refractivity contribution in [2.75, 3.05) is 18.9 Å². The molecule has 0 radical (unpaired) electrons. The molecule has 7 nitrogen and oxygen atoms in total. The molecule has 33 heavy (non-hydrogen) atoms. The first-order chi connectivity index (χ1) is 15.9. The van der Waals surface area contributed by atoms with Crippen LogP contribution >= 0.6 is 11.3 Å². The zero-order chi connectivity index (χ0) is 23.4. The smallest absolute Gasteiger partial charge is 0.291 e. The predicted octanol–water partition coefficient (Wildman–Crippen LogP) is 4.50. The number of amides is 2. The first-order valence-corrected chi connectivity index (χ1v) is 11.7. The molecule has 2 aromatic heterocycles. The minimum atomic E-state index is -0.342. The number of thiophene rings is 1. The Balaban J connectivity index is 1.25. The SMILES string of the molecule is Cc1cc(NC(=O)c2ccco2)sc1C(=O)N(C)CCCC1CC(c2ccc(F)cc2)NN1. The maximum absolute atomic E-state index is 13.1. The number of nitrogens with zero attached hydrogens (tertiary/aromatic N) is 1. The van der Waals surface area contributed by atoms with Crippen molar-refractivity contribution in [2.24, 2.45) is 0 Å². The number of hydrogen-bond donors (Lipinski definition) is 3. The summed E-state index contributed by atoms with van der Waals surface area (Å²) in [4.78, 5) is 27.4. The van der Waals surface area contributed by atoms with Crippen molar-refractivity contribution in [2.45, 2.75) is 38.3 Å². The van der Waals surface area contributed by atoms with Crippen LogP contribution in [0.25, 0.3) is 0 Å². The first kappa shape index (κ1) is 23.2. The van der Waals surface area contributed by atoms with Gasteiger partial charge < -0.3 is 14.6 Å². The molecule has 174 valence electrons. The Kier molecular flexibility index (Phi) is 7.22. The van der Waals surface area contributed by atoms with Crippen LogP contribution in [-0.4, -0.2) is 36.3 Å². The zero-order valence-electron chi connectivity index (χ0n) is 18.6. The lowest BCUT2D eigenvalue weighted by Gasteiger charge is -2.18. The van der Waals surface area contributed by atoms with Crippen molar-refractivity contribution in [3.8, 4) is 0 Å². The van der Waals surface area contributed by atoms with E-state index in [9.17, 15) is 14.0 Å². The van der Waals surface area contributed by atoms with Crippen molar-refractivity contribution in [1.82, 2.24) is 15.8 Å². The van der Waals surface area contributed by atoms with E-state index >= 15 is 0 Å². The maximum atomic E-state index is 13.1. The van der Waals surface area contributed by atoms with E-state index < -0.39 is 0 Å². The summed E-state index contributed by atoms with van der Waals surface area (Å²) in [7, 11) is 1.80. The van der Waals surface area contributed by atoms with Gasteiger partial charge >= 0.3 is 0 Å². The molecule has 0 bridgehead atoms. The molecule has 3 N–H and O–H groups in total. The number of hydrogen-bond acceptors (Lipinski definition) is 6. The molecule has 1 aromatic carbocycles. The van der Waals surface area contributed by atoms with Crippen LogP contribution < -0.4 is 16.2 Å². The van der Waals surface area contributed by atoms with Gasteiger partial charge in [-0.15, -0.1) is 11.3 Å². The summed E-state index contributed by atoms with van der Waals surface area (Å²) in [6.07, 6.45) is 4.12. The Morgan fingerprint density at radius 1 is 1.24 bits per heavy atom. The summed E-state index contributed by atoms with van der Waals surface area (Å²) in [5.41, 5.74) is 8.46. The van der Waals surface area contributed by atoms with Gasteiger partial charge in [0.1, 0.15) is 5.82 Å². The van der Waals surface area contributed by atoms with Gasteiger partial charge in [0.15, 0.2) is 5.76 Å². The number of hydrazine groups is 1. The highest BCUT2D eigenvalue weighted by atomic mass is 32.1. The molecular weight excluding hydrogens is 443 g/mol. The number of furan rings is 1. The molecule has 0 saturated carbocycles. The van der Waals surface area contributed by atoms with Gasteiger partial charge in [-0.3, -0.25) is 20.4 Å². The summed E-state index contributed by atoms with van der Waals surface area (Å²) in [6.45, 7) is 2.49. The van der Waals surface area contributed by atoms with Gasteiger partial charge in [0, 0.05) is 25.7 Å². The normalized spacial score (nSPS) is 17.8. The number of nitrogens with one attached hydrogen (secondary N) is 3. The van der Waals surface area contributed by atoms with Crippen LogP contribution in [0.1, 0.15) is 56.7 Å². The third-order valence-corrected chi connectivity index (χ3v) is 6.88. The van der Waals surface area contributed by atoms with Crippen LogP contribution in [0, 0.1) is 12.7 Å². The number of benzene rings is 1. The average Bonchev–Trinajstić information content (AvgIpc) is 3.55. The van der Waals surface area contributed by atoms with E-state index in [0.717, 1.165) is 30.4 Å². The van der Waals surface area contributed by atoms with E-state index in [1.54, 1.807) is 42.3 Å². The third-order valence-electron chi connectivity index (χ3n) is 5.74. The summed E-state index contributed by atoms with van der Waals surface area (Å²) in [6, 6.07) is 12.0. The second-order valence-electron chi connectivity index (χ2n) is 8.25. The van der Waals surface area contributed by atoms with Crippen LogP contribution in [-0.2, 0) is 0 Å². The Labute approximate surface area is 195 Å². The molecule has 3 aromatic rings. The number of aryl methyl sites for hydroxylation is 1. The van der Waals surface area contributed by atoms with Gasteiger partial charge in [0.25, 0.3) is 11.8 Å². The third kappa shape index (κ3) is 5.68. The van der Waals surface area contributed by atoms with Crippen LogP contribution in [0.5, 0.6) is 0 Å². The molecular formula is C24H27FN4O3S. The second-order valence-corrected chi connectivity index (χ2v) is 9.30. The van der Waals surface area contributed by atoms with Crippen LogP contribution in [0.2, 0.25) is 0 Å². The minimum absolute atomic E-state index is 0.0577. The molecule has 1 fully saturated rings. The number of carbonyl (C=O) groups is 2. The fourth-order valence-corrected chi connectivity index (χ4v) is 4.97. The van der Waals surface area contributed by atoms with Crippen LogP contribution in [0.3, 0.4) is 0 Å². The molecule has 1 aliphatic rings. The van der Waals surface area contributed by atoms with Crippen molar-refractivity contribution in [3.63, 3.8) is 0 Å². The summed E-state index contributed by atoms with van der Waals surface area (Å²) < 4.78 is 18.2. The molecule has 2 unspecified atom stereocenters. The van der Waals surface area contributed by atoms with Gasteiger partial charge in [0.2, 0.25) is 0 Å². The molecule has 0 spiro atoms. The maximum Gasteiger partial charge on any atom is 0.291 e. The van der Waals surface area contributed by atoms with Gasteiger partial charge in [-0.1, -0.05) is 12.1 Å². The molecule has 2 atom stereocenters. The van der Waals surface area contributed by atoms with Gasteiger partial charge in [-0.25, -0.2) is 4.39 Å². The monoisotopic (exact) mass is 470 g/mol. The van der Waals surface area contributed by atoms with E-state index in [4.69, 9.17) is 4.42 Å². The van der Waals surface area contributed by atoms with Gasteiger partial charge in [-0.2, -0.15) is 0 Å². The lowest BCUT2D eigenvalue weighted by Crippen LogP contribution is -2.32. The van der Waals surface area contributed by atoms with E-state index in [1.165, 1.54) is 29.7 Å². The minimum Gasteiger partial charge on any atom is -0.459 e. The standard InChI is InChI=1S/C24H27FN4O3S/c1-15-13-21(26-23(30)20-6-4-12-32-20)33-22(15)24(31)29(2)11-3-5-18-14-19(28-27-18)16-7-9-17(25)10-8-16/h4,6-10,12-13,18-19,27-28H,3,5,11,14H2,1-2H3,(H,26,30). The summed E-state index contributed by atoms with van der Waals surface area (Å²) in [5, 5.41) is 3.39. The Morgan fingerprint density at radius 2 is 2.03 bits per heavy atom. The van der Waals surface area contributed by atoms with Crippen LogP contribution in [0.4, 0.5) is 9.39 Å². The Bertz CT molecular complexity index is 1100. The lowest BCUT2D eigenvalue weighted by atomic mass is 9.99. The fourth-order valence-electron chi connectivity index (χ4n) is 3.91. The highest BCUT2D eigenvalue weighted by Gasteiger charge is 2.25. The second kappa shape index (κ2) is 10.3. The summed E-state index contributed by atoms with van der Waals surface area (Å²) in [5.74, 6) is -0.410. The van der Waals surface area contributed by atoms with Crippen molar-refractivity contribution < 1.29 is 18.4 Å². The largest absolute Gasteiger partial charge is 0.459 e. The highest BCUT2D eigenvalue weighted by molar-refractivity contribution is 7.18. The predicted molar refractivity (Wildman–Crippen MR) is 126 cm³/mol. The number of rotatable bonds is 8. The number of halogens is 1. The summed E-state index contributed by atoms with van der Waals surface area (Å²) >= 11 is 1.27. The number of anilines is 1. The Morgan fingerprint density at radius 3 is 2.76 bits per heavy atom. The molecule has 4 rings (SSSR count). The van der Waals surface area contributed by atoms with Crippen LogP contribution in [0.15, 0.2) is 53.1 Å². The molecule has 0 aliphatic carbocycles. The molecule has 9 heteroatoms. The molecule has 1 aliphatic heterocycles. The fraction of sp³-hybridized carbons (Fsp3) is 0.333. The van der Waals surface area contributed by atoms with E-state index in [0.29, 0.717) is 16.4 Å². The molecule has 1 saturated heterocycles. The Hall–Kier alpha value is -3.01. The van der Waals surface area contributed by atoms with Gasteiger partial charge in [0.05, 0.1) is 16.1 Å². The first-order valence-electron chi connectivity index (χ1n) is 10.9. The average molecular weight is 471 g/mol. The zero-order valence-corrected chi connectivity index (χ0v) is 19.4. The van der Waals surface area contributed by atoms with Crippen molar-refractivity contribution >= 4 is 28.2 Å². The van der Waals surface area contributed by atoms with Crippen molar-refractivity contribution in [3.05, 3.63) is 76.3 Å².